The van der Waals surface area contributed by atoms with E-state index < -0.39 is 0 Å². The summed E-state index contributed by atoms with van der Waals surface area (Å²) in [6, 6.07) is 8.19. The predicted molar refractivity (Wildman–Crippen MR) is 55.6 cm³/mol. The molecule has 1 N–H and O–H groups in total. The minimum absolute atomic E-state index is 0.284. The first-order valence-electron chi connectivity index (χ1n) is 4.92. The average molecular weight is 178 g/mol. The summed E-state index contributed by atoms with van der Waals surface area (Å²) >= 11 is 0. The Morgan fingerprint density at radius 1 is 1.31 bits per heavy atom. The van der Waals surface area contributed by atoms with Crippen LogP contribution in [0, 0.1) is 5.92 Å². The third-order valence-electron chi connectivity index (χ3n) is 2.33. The standard InChI is InChI=1S/C12H18O/c1-4-10-6-5-7-11(8-10)12(13)9(2)3/h5-9,12-13H,4H2,1-3H3. The lowest BCUT2D eigenvalue weighted by atomic mass is 9.97. The van der Waals surface area contributed by atoms with E-state index in [9.17, 15) is 5.11 Å². The zero-order chi connectivity index (χ0) is 9.84. The van der Waals surface area contributed by atoms with Crippen LogP contribution in [0.4, 0.5) is 0 Å². The van der Waals surface area contributed by atoms with Crippen molar-refractivity contribution >= 4 is 0 Å². The Balaban J connectivity index is 2.88. The summed E-state index contributed by atoms with van der Waals surface area (Å²) in [5.41, 5.74) is 2.33. The van der Waals surface area contributed by atoms with Crippen molar-refractivity contribution < 1.29 is 5.11 Å². The maximum absolute atomic E-state index is 9.82. The summed E-state index contributed by atoms with van der Waals surface area (Å²) in [5.74, 6) is 0.284. The van der Waals surface area contributed by atoms with Crippen LogP contribution in [0.5, 0.6) is 0 Å². The van der Waals surface area contributed by atoms with Crippen LogP contribution in [0.1, 0.15) is 38.0 Å². The van der Waals surface area contributed by atoms with Crippen LogP contribution in [0.3, 0.4) is 0 Å². The Bertz CT molecular complexity index is 266. The highest BCUT2D eigenvalue weighted by molar-refractivity contribution is 5.25. The smallest absolute Gasteiger partial charge is 0.0813 e. The Morgan fingerprint density at radius 3 is 2.54 bits per heavy atom. The van der Waals surface area contributed by atoms with Crippen LogP contribution >= 0.6 is 0 Å². The first kappa shape index (κ1) is 10.3. The quantitative estimate of drug-likeness (QED) is 0.754. The zero-order valence-corrected chi connectivity index (χ0v) is 8.62. The lowest BCUT2D eigenvalue weighted by Gasteiger charge is -2.15. The van der Waals surface area contributed by atoms with Gasteiger partial charge in [-0.3, -0.25) is 0 Å². The van der Waals surface area contributed by atoms with Crippen molar-refractivity contribution in [2.75, 3.05) is 0 Å². The predicted octanol–water partition coefficient (Wildman–Crippen LogP) is 2.94. The molecule has 0 aliphatic rings. The molecule has 0 heterocycles. The molecule has 0 amide bonds. The van der Waals surface area contributed by atoms with E-state index >= 15 is 0 Å². The van der Waals surface area contributed by atoms with E-state index in [1.54, 1.807) is 0 Å². The molecule has 72 valence electrons. The molecule has 0 aliphatic carbocycles. The molecule has 0 bridgehead atoms. The summed E-state index contributed by atoms with van der Waals surface area (Å²) in [5, 5.41) is 9.82. The van der Waals surface area contributed by atoms with Crippen molar-refractivity contribution in [3.8, 4) is 0 Å². The molecular weight excluding hydrogens is 160 g/mol. The number of hydrogen-bond acceptors (Lipinski definition) is 1. The molecule has 0 saturated heterocycles. The van der Waals surface area contributed by atoms with Crippen molar-refractivity contribution in [3.05, 3.63) is 35.4 Å². The maximum atomic E-state index is 9.82. The van der Waals surface area contributed by atoms with Gasteiger partial charge in [-0.2, -0.15) is 0 Å². The summed E-state index contributed by atoms with van der Waals surface area (Å²) in [6.45, 7) is 6.19. The van der Waals surface area contributed by atoms with Gasteiger partial charge in [0.1, 0.15) is 0 Å². The highest BCUT2D eigenvalue weighted by Gasteiger charge is 2.11. The van der Waals surface area contributed by atoms with Gasteiger partial charge in [-0.1, -0.05) is 45.0 Å². The highest BCUT2D eigenvalue weighted by atomic mass is 16.3. The van der Waals surface area contributed by atoms with Crippen molar-refractivity contribution in [1.29, 1.82) is 0 Å². The molecule has 13 heavy (non-hydrogen) atoms. The van der Waals surface area contributed by atoms with E-state index in [-0.39, 0.29) is 12.0 Å². The SMILES string of the molecule is CCc1cccc(C(O)C(C)C)c1. The minimum atomic E-state index is -0.327. The molecule has 1 aromatic rings. The Hall–Kier alpha value is -0.820. The summed E-state index contributed by atoms with van der Waals surface area (Å²) < 4.78 is 0. The van der Waals surface area contributed by atoms with Crippen LogP contribution in [-0.2, 0) is 6.42 Å². The fourth-order valence-corrected chi connectivity index (χ4v) is 1.38. The number of aliphatic hydroxyl groups excluding tert-OH is 1. The summed E-state index contributed by atoms with van der Waals surface area (Å²) in [4.78, 5) is 0. The lowest BCUT2D eigenvalue weighted by Crippen LogP contribution is -2.05. The van der Waals surface area contributed by atoms with Gasteiger partial charge in [-0.25, -0.2) is 0 Å². The number of aryl methyl sites for hydroxylation is 1. The maximum Gasteiger partial charge on any atom is 0.0813 e. The monoisotopic (exact) mass is 178 g/mol. The molecule has 1 aromatic carbocycles. The zero-order valence-electron chi connectivity index (χ0n) is 8.62. The first-order valence-corrected chi connectivity index (χ1v) is 4.92. The van der Waals surface area contributed by atoms with E-state index in [1.165, 1.54) is 5.56 Å². The van der Waals surface area contributed by atoms with Gasteiger partial charge in [-0.15, -0.1) is 0 Å². The van der Waals surface area contributed by atoms with E-state index in [2.05, 4.69) is 19.1 Å². The van der Waals surface area contributed by atoms with Crippen molar-refractivity contribution in [2.45, 2.75) is 33.3 Å². The van der Waals surface area contributed by atoms with Crippen LogP contribution in [-0.4, -0.2) is 5.11 Å². The van der Waals surface area contributed by atoms with Gasteiger partial charge in [0, 0.05) is 0 Å². The minimum Gasteiger partial charge on any atom is -0.388 e. The van der Waals surface area contributed by atoms with Gasteiger partial charge in [0.25, 0.3) is 0 Å². The Labute approximate surface area is 80.4 Å². The molecule has 0 aromatic heterocycles. The molecule has 0 radical (unpaired) electrons. The average Bonchev–Trinajstić information content (AvgIpc) is 2.16. The van der Waals surface area contributed by atoms with Gasteiger partial charge in [0.05, 0.1) is 6.10 Å². The van der Waals surface area contributed by atoms with Crippen LogP contribution in [0.15, 0.2) is 24.3 Å². The van der Waals surface area contributed by atoms with E-state index in [0.717, 1.165) is 12.0 Å². The molecule has 1 rings (SSSR count). The van der Waals surface area contributed by atoms with Crippen LogP contribution in [0.25, 0.3) is 0 Å². The molecule has 0 fully saturated rings. The molecule has 0 spiro atoms. The summed E-state index contributed by atoms with van der Waals surface area (Å²) in [6.07, 6.45) is 0.699. The number of hydrogen-bond donors (Lipinski definition) is 1. The van der Waals surface area contributed by atoms with Crippen molar-refractivity contribution in [3.63, 3.8) is 0 Å². The molecular formula is C12H18O. The van der Waals surface area contributed by atoms with Crippen LogP contribution < -0.4 is 0 Å². The van der Waals surface area contributed by atoms with E-state index in [4.69, 9.17) is 0 Å². The van der Waals surface area contributed by atoms with Crippen molar-refractivity contribution in [1.82, 2.24) is 0 Å². The van der Waals surface area contributed by atoms with E-state index in [0.29, 0.717) is 0 Å². The lowest BCUT2D eigenvalue weighted by molar-refractivity contribution is 0.127. The van der Waals surface area contributed by atoms with Gasteiger partial charge < -0.3 is 5.11 Å². The number of rotatable bonds is 3. The van der Waals surface area contributed by atoms with Gasteiger partial charge in [-0.05, 0) is 23.5 Å². The fraction of sp³-hybridized carbons (Fsp3) is 0.500. The molecule has 1 nitrogen and oxygen atoms in total. The molecule has 0 saturated carbocycles. The highest BCUT2D eigenvalue weighted by Crippen LogP contribution is 2.21. The van der Waals surface area contributed by atoms with E-state index in [1.807, 2.05) is 26.0 Å². The molecule has 1 heteroatoms. The molecule has 0 aliphatic heterocycles. The largest absolute Gasteiger partial charge is 0.388 e. The van der Waals surface area contributed by atoms with Gasteiger partial charge in [0.2, 0.25) is 0 Å². The first-order chi connectivity index (χ1) is 6.15. The molecule has 1 unspecified atom stereocenters. The Kier molecular flexibility index (Phi) is 3.49. The third-order valence-corrected chi connectivity index (χ3v) is 2.33. The topological polar surface area (TPSA) is 20.2 Å². The van der Waals surface area contributed by atoms with Gasteiger partial charge in [0.15, 0.2) is 0 Å². The second-order valence-corrected chi connectivity index (χ2v) is 3.79. The fourth-order valence-electron chi connectivity index (χ4n) is 1.38. The second-order valence-electron chi connectivity index (χ2n) is 3.79. The second kappa shape index (κ2) is 4.43. The normalized spacial score (nSPS) is 13.3. The third kappa shape index (κ3) is 2.56. The number of aliphatic hydroxyl groups is 1. The van der Waals surface area contributed by atoms with Crippen molar-refractivity contribution in [2.24, 2.45) is 5.92 Å². The Morgan fingerprint density at radius 2 is 2.00 bits per heavy atom. The van der Waals surface area contributed by atoms with Crippen LogP contribution in [0.2, 0.25) is 0 Å². The molecule has 1 atom stereocenters. The number of benzene rings is 1. The van der Waals surface area contributed by atoms with Gasteiger partial charge >= 0.3 is 0 Å². The summed E-state index contributed by atoms with van der Waals surface area (Å²) in [7, 11) is 0.